The summed E-state index contributed by atoms with van der Waals surface area (Å²) >= 11 is 0. The van der Waals surface area contributed by atoms with Crippen LogP contribution in [0.15, 0.2) is 60.7 Å². The van der Waals surface area contributed by atoms with Gasteiger partial charge in [-0.25, -0.2) is 0 Å². The number of benzene rings is 2. The number of nitrogens with one attached hydrogen (secondary N) is 1. The minimum absolute atomic E-state index is 0.108. The van der Waals surface area contributed by atoms with Crippen molar-refractivity contribution in [2.45, 2.75) is 32.6 Å². The zero-order valence-corrected chi connectivity index (χ0v) is 16.8. The molecule has 1 aromatic heterocycles. The van der Waals surface area contributed by atoms with Gasteiger partial charge >= 0.3 is 0 Å². The molecule has 0 bridgehead atoms. The van der Waals surface area contributed by atoms with Gasteiger partial charge in [-0.3, -0.25) is 4.79 Å². The second kappa shape index (κ2) is 8.86. The summed E-state index contributed by atoms with van der Waals surface area (Å²) in [6.45, 7) is 4.04. The van der Waals surface area contributed by atoms with Crippen LogP contribution in [0.5, 0.6) is 0 Å². The van der Waals surface area contributed by atoms with Crippen molar-refractivity contribution in [1.82, 2.24) is 10.2 Å². The van der Waals surface area contributed by atoms with Gasteiger partial charge in [0.05, 0.1) is 5.69 Å². The van der Waals surface area contributed by atoms with Crippen LogP contribution in [0.2, 0.25) is 0 Å². The number of amides is 1. The Morgan fingerprint density at radius 2 is 1.69 bits per heavy atom. The van der Waals surface area contributed by atoms with E-state index in [1.807, 2.05) is 67.6 Å². The molecule has 0 radical (unpaired) electrons. The van der Waals surface area contributed by atoms with Gasteiger partial charge in [-0.15, -0.1) is 10.2 Å². The number of anilines is 2. The molecule has 1 aliphatic rings. The highest BCUT2D eigenvalue weighted by Crippen LogP contribution is 2.23. The number of nitrogens with zero attached hydrogens (tertiary/aromatic N) is 3. The third-order valence-electron chi connectivity index (χ3n) is 5.39. The molecule has 1 N–H and O–H groups in total. The fraction of sp³-hybridized carbons (Fsp3) is 0.292. The van der Waals surface area contributed by atoms with E-state index < -0.39 is 0 Å². The zero-order chi connectivity index (χ0) is 20.1. The molecule has 4 rings (SSSR count). The van der Waals surface area contributed by atoms with Gasteiger partial charge in [0, 0.05) is 29.9 Å². The van der Waals surface area contributed by atoms with Crippen molar-refractivity contribution in [1.29, 1.82) is 0 Å². The number of rotatable bonds is 4. The van der Waals surface area contributed by atoms with E-state index in [0.29, 0.717) is 5.56 Å². The van der Waals surface area contributed by atoms with Crippen molar-refractivity contribution in [2.24, 2.45) is 0 Å². The first-order valence-electron chi connectivity index (χ1n) is 10.3. The molecule has 3 aromatic rings. The van der Waals surface area contributed by atoms with Crippen LogP contribution in [0.4, 0.5) is 11.5 Å². The Kier molecular flexibility index (Phi) is 5.84. The van der Waals surface area contributed by atoms with Gasteiger partial charge < -0.3 is 10.2 Å². The standard InChI is InChI=1S/C24H26N4O/c1-18-9-4-5-12-21(18)24(29)25-20-11-8-10-19(17-20)22-13-14-23(27-26-22)28-15-6-2-3-7-16-28/h4-5,8-14,17H,2-3,6-7,15-16H2,1H3,(H,25,29). The molecular formula is C24H26N4O. The van der Waals surface area contributed by atoms with Gasteiger partial charge in [-0.05, 0) is 55.7 Å². The fourth-order valence-corrected chi connectivity index (χ4v) is 3.73. The lowest BCUT2D eigenvalue weighted by atomic mass is 10.1. The largest absolute Gasteiger partial charge is 0.355 e. The SMILES string of the molecule is Cc1ccccc1C(=O)Nc1cccc(-c2ccc(N3CCCCCC3)nn2)c1. The van der Waals surface area contributed by atoms with Crippen LogP contribution in [0, 0.1) is 6.92 Å². The van der Waals surface area contributed by atoms with Crippen LogP contribution in [0.3, 0.4) is 0 Å². The molecule has 2 heterocycles. The fourth-order valence-electron chi connectivity index (χ4n) is 3.73. The van der Waals surface area contributed by atoms with Gasteiger partial charge in [0.1, 0.15) is 0 Å². The van der Waals surface area contributed by atoms with E-state index in [0.717, 1.165) is 41.4 Å². The average Bonchev–Trinajstić information content (AvgIpc) is 3.04. The van der Waals surface area contributed by atoms with Crippen molar-refractivity contribution in [3.63, 3.8) is 0 Å². The summed E-state index contributed by atoms with van der Waals surface area (Å²) in [7, 11) is 0. The highest BCUT2D eigenvalue weighted by Gasteiger charge is 2.13. The summed E-state index contributed by atoms with van der Waals surface area (Å²) in [5.74, 6) is 0.836. The molecule has 0 spiro atoms. The third-order valence-corrected chi connectivity index (χ3v) is 5.39. The number of carbonyl (C=O) groups excluding carboxylic acids is 1. The first-order valence-corrected chi connectivity index (χ1v) is 10.3. The van der Waals surface area contributed by atoms with E-state index >= 15 is 0 Å². The third kappa shape index (κ3) is 4.62. The smallest absolute Gasteiger partial charge is 0.255 e. The maximum Gasteiger partial charge on any atom is 0.255 e. The number of aryl methyl sites for hydroxylation is 1. The molecule has 29 heavy (non-hydrogen) atoms. The van der Waals surface area contributed by atoms with Gasteiger partial charge in [0.25, 0.3) is 5.91 Å². The Hall–Kier alpha value is -3.21. The van der Waals surface area contributed by atoms with Crippen LogP contribution in [-0.2, 0) is 0 Å². The molecular weight excluding hydrogens is 360 g/mol. The molecule has 2 aromatic carbocycles. The minimum Gasteiger partial charge on any atom is -0.355 e. The van der Waals surface area contributed by atoms with Gasteiger partial charge in [-0.2, -0.15) is 0 Å². The van der Waals surface area contributed by atoms with Crippen LogP contribution < -0.4 is 10.2 Å². The molecule has 0 atom stereocenters. The summed E-state index contributed by atoms with van der Waals surface area (Å²) in [6, 6.07) is 19.4. The van der Waals surface area contributed by atoms with Crippen LogP contribution >= 0.6 is 0 Å². The first kappa shape index (κ1) is 19.1. The second-order valence-electron chi connectivity index (χ2n) is 7.53. The summed E-state index contributed by atoms with van der Waals surface area (Å²) < 4.78 is 0. The Bertz CT molecular complexity index is 976. The lowest BCUT2D eigenvalue weighted by Crippen LogP contribution is -2.25. The van der Waals surface area contributed by atoms with Crippen molar-refractivity contribution in [3.05, 3.63) is 71.8 Å². The summed E-state index contributed by atoms with van der Waals surface area (Å²) in [5, 5.41) is 11.9. The number of hydrogen-bond acceptors (Lipinski definition) is 4. The van der Waals surface area contributed by atoms with Crippen LogP contribution in [-0.4, -0.2) is 29.2 Å². The van der Waals surface area contributed by atoms with Crippen molar-refractivity contribution < 1.29 is 4.79 Å². The molecule has 0 saturated carbocycles. The quantitative estimate of drug-likeness (QED) is 0.679. The highest BCUT2D eigenvalue weighted by molar-refractivity contribution is 6.05. The Morgan fingerprint density at radius 3 is 2.41 bits per heavy atom. The predicted molar refractivity (Wildman–Crippen MR) is 117 cm³/mol. The molecule has 1 amide bonds. The molecule has 0 aliphatic carbocycles. The van der Waals surface area contributed by atoms with Crippen LogP contribution in [0.1, 0.15) is 41.6 Å². The number of carbonyl (C=O) groups is 1. The molecule has 5 nitrogen and oxygen atoms in total. The minimum atomic E-state index is -0.108. The van der Waals surface area contributed by atoms with Gasteiger partial charge in [-0.1, -0.05) is 43.2 Å². The van der Waals surface area contributed by atoms with Crippen molar-refractivity contribution in [2.75, 3.05) is 23.3 Å². The van der Waals surface area contributed by atoms with E-state index in [1.165, 1.54) is 25.7 Å². The molecule has 0 unspecified atom stereocenters. The van der Waals surface area contributed by atoms with E-state index in [9.17, 15) is 4.79 Å². The van der Waals surface area contributed by atoms with Gasteiger partial charge in [0.15, 0.2) is 5.82 Å². The van der Waals surface area contributed by atoms with Gasteiger partial charge in [0.2, 0.25) is 0 Å². The summed E-state index contributed by atoms with van der Waals surface area (Å²) in [6.07, 6.45) is 5.02. The predicted octanol–water partition coefficient (Wildman–Crippen LogP) is 5.08. The number of hydrogen-bond donors (Lipinski definition) is 1. The summed E-state index contributed by atoms with van der Waals surface area (Å²) in [4.78, 5) is 14.9. The zero-order valence-electron chi connectivity index (χ0n) is 16.8. The average molecular weight is 386 g/mol. The van der Waals surface area contributed by atoms with E-state index in [1.54, 1.807) is 0 Å². The second-order valence-corrected chi connectivity index (χ2v) is 7.53. The van der Waals surface area contributed by atoms with Crippen LogP contribution in [0.25, 0.3) is 11.3 Å². The maximum absolute atomic E-state index is 12.6. The van der Waals surface area contributed by atoms with Crippen molar-refractivity contribution in [3.8, 4) is 11.3 Å². The molecule has 148 valence electrons. The van der Waals surface area contributed by atoms with E-state index in [2.05, 4.69) is 20.4 Å². The summed E-state index contributed by atoms with van der Waals surface area (Å²) in [5.41, 5.74) is 4.11. The highest BCUT2D eigenvalue weighted by atomic mass is 16.1. The Balaban J connectivity index is 1.49. The maximum atomic E-state index is 12.6. The van der Waals surface area contributed by atoms with E-state index in [4.69, 9.17) is 0 Å². The molecule has 1 saturated heterocycles. The molecule has 1 fully saturated rings. The normalized spacial score (nSPS) is 14.3. The molecule has 1 aliphatic heterocycles. The number of aromatic nitrogens is 2. The first-order chi connectivity index (χ1) is 14.2. The lowest BCUT2D eigenvalue weighted by molar-refractivity contribution is 0.102. The Labute approximate surface area is 171 Å². The monoisotopic (exact) mass is 386 g/mol. The Morgan fingerprint density at radius 1 is 0.897 bits per heavy atom. The van der Waals surface area contributed by atoms with Crippen molar-refractivity contribution >= 4 is 17.4 Å². The lowest BCUT2D eigenvalue weighted by Gasteiger charge is -2.20. The molecule has 5 heteroatoms. The van der Waals surface area contributed by atoms with E-state index in [-0.39, 0.29) is 5.91 Å². The topological polar surface area (TPSA) is 58.1 Å².